The summed E-state index contributed by atoms with van der Waals surface area (Å²) in [5.41, 5.74) is 5.69. The van der Waals surface area contributed by atoms with Crippen molar-refractivity contribution in [3.8, 4) is 5.75 Å². The second-order valence-corrected chi connectivity index (χ2v) is 9.59. The third-order valence-corrected chi connectivity index (χ3v) is 7.23. The van der Waals surface area contributed by atoms with E-state index in [4.69, 9.17) is 10.5 Å². The number of rotatable bonds is 8. The van der Waals surface area contributed by atoms with E-state index in [9.17, 15) is 17.6 Å². The molecule has 2 aliphatic rings. The van der Waals surface area contributed by atoms with Crippen LogP contribution in [-0.4, -0.2) is 51.2 Å². The van der Waals surface area contributed by atoms with Crippen LogP contribution >= 0.6 is 0 Å². The third-order valence-electron chi connectivity index (χ3n) is 5.33. The Bertz CT molecular complexity index is 811. The Labute approximate surface area is 165 Å². The quantitative estimate of drug-likeness (QED) is 0.710. The predicted molar refractivity (Wildman–Crippen MR) is 104 cm³/mol. The molecule has 0 bridgehead atoms. The highest BCUT2D eigenvalue weighted by atomic mass is 32.2. The van der Waals surface area contributed by atoms with Gasteiger partial charge in [0.2, 0.25) is 5.91 Å². The molecular formula is C20H27FN2O4S. The number of amides is 1. The fraction of sp³-hybridized carbons (Fsp3) is 0.550. The molecule has 3 rings (SSSR count). The van der Waals surface area contributed by atoms with E-state index in [1.807, 2.05) is 4.90 Å². The summed E-state index contributed by atoms with van der Waals surface area (Å²) in [5.74, 6) is 1.05. The van der Waals surface area contributed by atoms with Gasteiger partial charge in [0.05, 0.1) is 17.0 Å². The Morgan fingerprint density at radius 1 is 1.18 bits per heavy atom. The molecule has 1 aromatic carbocycles. The van der Waals surface area contributed by atoms with Gasteiger partial charge >= 0.3 is 0 Å². The predicted octanol–water partition coefficient (Wildman–Crippen LogP) is 2.30. The molecule has 1 saturated carbocycles. The van der Waals surface area contributed by atoms with Crippen molar-refractivity contribution >= 4 is 15.7 Å². The lowest BCUT2D eigenvalue weighted by Crippen LogP contribution is -2.40. The van der Waals surface area contributed by atoms with Gasteiger partial charge in [-0.15, -0.1) is 0 Å². The maximum Gasteiger partial charge on any atom is 0.225 e. The Morgan fingerprint density at radius 2 is 1.82 bits per heavy atom. The fourth-order valence-electron chi connectivity index (χ4n) is 3.37. The average molecular weight is 411 g/mol. The number of hydrogen-bond acceptors (Lipinski definition) is 5. The van der Waals surface area contributed by atoms with Gasteiger partial charge < -0.3 is 15.4 Å². The summed E-state index contributed by atoms with van der Waals surface area (Å²) < 4.78 is 43.3. The van der Waals surface area contributed by atoms with Crippen molar-refractivity contribution in [1.82, 2.24) is 4.90 Å². The number of ether oxygens (including phenoxy) is 1. The maximum absolute atomic E-state index is 12.7. The lowest BCUT2D eigenvalue weighted by atomic mass is 9.98. The van der Waals surface area contributed by atoms with E-state index in [-0.39, 0.29) is 41.5 Å². The first kappa shape index (κ1) is 20.8. The molecule has 1 aromatic rings. The molecule has 0 spiro atoms. The number of hydrogen-bond donors (Lipinski definition) is 1. The first-order valence-corrected chi connectivity index (χ1v) is 11.3. The second kappa shape index (κ2) is 9.05. The molecule has 154 valence electrons. The summed E-state index contributed by atoms with van der Waals surface area (Å²) in [6.45, 7) is 1.38. The molecular weight excluding hydrogens is 383 g/mol. The van der Waals surface area contributed by atoms with Gasteiger partial charge in [-0.3, -0.25) is 4.79 Å². The second-order valence-electron chi connectivity index (χ2n) is 7.56. The summed E-state index contributed by atoms with van der Waals surface area (Å²) >= 11 is 0. The largest absolute Gasteiger partial charge is 0.489 e. The summed E-state index contributed by atoms with van der Waals surface area (Å²) in [6.07, 6.45) is 3.84. The Kier molecular flexibility index (Phi) is 6.72. The number of piperidine rings is 1. The molecule has 28 heavy (non-hydrogen) atoms. The number of carbonyl (C=O) groups is 1. The third kappa shape index (κ3) is 5.32. The number of sulfone groups is 1. The molecule has 8 heteroatoms. The summed E-state index contributed by atoms with van der Waals surface area (Å²) in [7, 11) is -3.41. The monoisotopic (exact) mass is 410 g/mol. The van der Waals surface area contributed by atoms with Gasteiger partial charge in [-0.25, -0.2) is 12.8 Å². The average Bonchev–Trinajstić information content (AvgIpc) is 3.54. The van der Waals surface area contributed by atoms with E-state index in [1.54, 1.807) is 12.1 Å². The Hall–Kier alpha value is -1.93. The molecule has 1 aliphatic carbocycles. The van der Waals surface area contributed by atoms with Gasteiger partial charge in [0, 0.05) is 31.1 Å². The van der Waals surface area contributed by atoms with Crippen molar-refractivity contribution in [1.29, 1.82) is 0 Å². The lowest BCUT2D eigenvalue weighted by molar-refractivity contribution is -0.133. The van der Waals surface area contributed by atoms with E-state index < -0.39 is 9.84 Å². The van der Waals surface area contributed by atoms with E-state index in [0.29, 0.717) is 30.7 Å². The van der Waals surface area contributed by atoms with Gasteiger partial charge in [-0.2, -0.15) is 0 Å². The minimum absolute atomic E-state index is 0.0250. The molecule has 0 atom stereocenters. The van der Waals surface area contributed by atoms with E-state index in [1.165, 1.54) is 12.1 Å². The van der Waals surface area contributed by atoms with E-state index in [2.05, 4.69) is 0 Å². The van der Waals surface area contributed by atoms with Crippen LogP contribution in [0.1, 0.15) is 25.7 Å². The number of halogens is 1. The molecule has 1 aliphatic heterocycles. The number of likely N-dealkylation sites (tertiary alicyclic amines) is 1. The zero-order valence-electron chi connectivity index (χ0n) is 15.8. The van der Waals surface area contributed by atoms with Crippen LogP contribution in [0.2, 0.25) is 0 Å². The molecule has 1 saturated heterocycles. The molecule has 0 unspecified atom stereocenters. The summed E-state index contributed by atoms with van der Waals surface area (Å²) in [4.78, 5) is 14.2. The molecule has 1 heterocycles. The fourth-order valence-corrected chi connectivity index (χ4v) is 5.07. The minimum Gasteiger partial charge on any atom is -0.489 e. The highest BCUT2D eigenvalue weighted by Crippen LogP contribution is 2.33. The van der Waals surface area contributed by atoms with E-state index in [0.717, 1.165) is 25.7 Å². The molecule has 0 radical (unpaired) electrons. The number of carbonyl (C=O) groups excluding carboxylic acids is 1. The molecule has 6 nitrogen and oxygen atoms in total. The van der Waals surface area contributed by atoms with Crippen molar-refractivity contribution in [2.75, 3.05) is 32.0 Å². The first-order valence-electron chi connectivity index (χ1n) is 9.65. The van der Waals surface area contributed by atoms with Crippen LogP contribution in [0.4, 0.5) is 4.39 Å². The summed E-state index contributed by atoms with van der Waals surface area (Å²) in [6, 6.07) is 6.15. The van der Waals surface area contributed by atoms with Crippen LogP contribution in [-0.2, 0) is 14.6 Å². The van der Waals surface area contributed by atoms with Gasteiger partial charge in [-0.1, -0.05) is 0 Å². The number of nitrogens with zero attached hydrogens (tertiary/aromatic N) is 1. The SMILES string of the molecule is NCC(=CF)COc1ccc(S(=O)(=O)CC2CCN(C(=O)C3CC3)CC2)cc1. The van der Waals surface area contributed by atoms with Crippen molar-refractivity contribution in [3.63, 3.8) is 0 Å². The topological polar surface area (TPSA) is 89.7 Å². The summed E-state index contributed by atoms with van der Waals surface area (Å²) in [5, 5.41) is 0. The molecule has 0 aromatic heterocycles. The van der Waals surface area contributed by atoms with Crippen LogP contribution in [0.25, 0.3) is 0 Å². The maximum atomic E-state index is 12.7. The molecule has 2 fully saturated rings. The van der Waals surface area contributed by atoms with Crippen LogP contribution in [0.15, 0.2) is 41.1 Å². The molecule has 1 amide bonds. The first-order chi connectivity index (χ1) is 13.4. The van der Waals surface area contributed by atoms with Gasteiger partial charge in [-0.05, 0) is 55.9 Å². The van der Waals surface area contributed by atoms with Crippen molar-refractivity contribution in [2.45, 2.75) is 30.6 Å². The van der Waals surface area contributed by atoms with Crippen LogP contribution in [0.5, 0.6) is 5.75 Å². The van der Waals surface area contributed by atoms with Crippen molar-refractivity contribution < 1.29 is 22.3 Å². The number of nitrogens with two attached hydrogens (primary N) is 1. The van der Waals surface area contributed by atoms with Gasteiger partial charge in [0.1, 0.15) is 12.4 Å². The standard InChI is InChI=1S/C20H27FN2O4S/c21-11-16(12-22)13-27-18-3-5-19(6-4-18)28(25,26)14-15-7-9-23(10-8-15)20(24)17-1-2-17/h3-6,11,15,17H,1-2,7-10,12-14,22H2. The lowest BCUT2D eigenvalue weighted by Gasteiger charge is -2.32. The Morgan fingerprint density at radius 3 is 2.36 bits per heavy atom. The highest BCUT2D eigenvalue weighted by molar-refractivity contribution is 7.91. The number of benzene rings is 1. The van der Waals surface area contributed by atoms with Gasteiger partial charge in [0.15, 0.2) is 9.84 Å². The van der Waals surface area contributed by atoms with Crippen molar-refractivity contribution in [3.05, 3.63) is 36.2 Å². The van der Waals surface area contributed by atoms with Crippen molar-refractivity contribution in [2.24, 2.45) is 17.6 Å². The van der Waals surface area contributed by atoms with Crippen LogP contribution in [0.3, 0.4) is 0 Å². The smallest absolute Gasteiger partial charge is 0.225 e. The zero-order chi connectivity index (χ0) is 20.1. The molecule has 2 N–H and O–H groups in total. The zero-order valence-corrected chi connectivity index (χ0v) is 16.7. The Balaban J connectivity index is 1.52. The van der Waals surface area contributed by atoms with Gasteiger partial charge in [0.25, 0.3) is 0 Å². The minimum atomic E-state index is -3.41. The normalized spacial score (nSPS) is 18.9. The van der Waals surface area contributed by atoms with Crippen LogP contribution in [0, 0.1) is 11.8 Å². The highest BCUT2D eigenvalue weighted by Gasteiger charge is 2.35. The van der Waals surface area contributed by atoms with E-state index >= 15 is 0 Å². The van der Waals surface area contributed by atoms with Crippen LogP contribution < -0.4 is 10.5 Å².